The molecule has 92 valence electrons. The molecular weight excluding hydrogens is 202 g/mol. The van der Waals surface area contributed by atoms with E-state index in [1.807, 2.05) is 6.20 Å². The van der Waals surface area contributed by atoms with Crippen LogP contribution in [-0.4, -0.2) is 30.0 Å². The van der Waals surface area contributed by atoms with Gasteiger partial charge in [0.15, 0.2) is 0 Å². The zero-order valence-corrected chi connectivity index (χ0v) is 10.6. The van der Waals surface area contributed by atoms with Crippen molar-refractivity contribution in [2.24, 2.45) is 0 Å². The molecule has 0 aromatic carbocycles. The Morgan fingerprint density at radius 3 is 3.06 bits per heavy atom. The summed E-state index contributed by atoms with van der Waals surface area (Å²) in [5.74, 6) is 0. The van der Waals surface area contributed by atoms with Crippen molar-refractivity contribution in [3.8, 4) is 0 Å². The van der Waals surface area contributed by atoms with Gasteiger partial charge in [-0.05, 0) is 32.4 Å². The van der Waals surface area contributed by atoms with E-state index >= 15 is 0 Å². The van der Waals surface area contributed by atoms with Gasteiger partial charge in [0.05, 0.1) is 5.69 Å². The van der Waals surface area contributed by atoms with Crippen LogP contribution < -0.4 is 5.32 Å². The summed E-state index contributed by atoms with van der Waals surface area (Å²) in [6, 6.07) is 2.56. The Morgan fingerprint density at radius 2 is 2.38 bits per heavy atom. The van der Waals surface area contributed by atoms with Gasteiger partial charge < -0.3 is 10.1 Å². The average Bonchev–Trinajstić information content (AvgIpc) is 2.76. The van der Waals surface area contributed by atoms with Crippen molar-refractivity contribution >= 4 is 0 Å². The minimum Gasteiger partial charge on any atom is -0.385 e. The summed E-state index contributed by atoms with van der Waals surface area (Å²) in [5.41, 5.74) is 1.26. The maximum Gasteiger partial charge on any atom is 0.0525 e. The molecule has 0 fully saturated rings. The van der Waals surface area contributed by atoms with Crippen LogP contribution in [0.1, 0.15) is 38.4 Å². The van der Waals surface area contributed by atoms with Gasteiger partial charge in [-0.2, -0.15) is 5.10 Å². The van der Waals surface area contributed by atoms with Crippen LogP contribution in [0.2, 0.25) is 0 Å². The maximum absolute atomic E-state index is 5.00. The highest BCUT2D eigenvalue weighted by Crippen LogP contribution is 2.11. The molecular formula is C12H23N3O. The van der Waals surface area contributed by atoms with E-state index in [0.717, 1.165) is 32.5 Å². The van der Waals surface area contributed by atoms with Crippen LogP contribution in [0.15, 0.2) is 12.3 Å². The largest absolute Gasteiger partial charge is 0.385 e. The Morgan fingerprint density at radius 1 is 1.56 bits per heavy atom. The smallest absolute Gasteiger partial charge is 0.0525 e. The fourth-order valence-electron chi connectivity index (χ4n) is 1.61. The van der Waals surface area contributed by atoms with Gasteiger partial charge in [-0.3, -0.25) is 4.68 Å². The molecule has 1 heterocycles. The van der Waals surface area contributed by atoms with Crippen molar-refractivity contribution in [1.29, 1.82) is 0 Å². The van der Waals surface area contributed by atoms with Gasteiger partial charge in [0, 0.05) is 32.5 Å². The molecule has 0 aliphatic rings. The van der Waals surface area contributed by atoms with Crippen LogP contribution in [-0.2, 0) is 11.3 Å². The number of hydrogen-bond donors (Lipinski definition) is 1. The highest BCUT2D eigenvalue weighted by atomic mass is 16.5. The van der Waals surface area contributed by atoms with Gasteiger partial charge in [0.25, 0.3) is 0 Å². The minimum absolute atomic E-state index is 0.478. The topological polar surface area (TPSA) is 39.1 Å². The first-order chi connectivity index (χ1) is 7.79. The molecule has 0 aliphatic heterocycles. The van der Waals surface area contributed by atoms with Crippen LogP contribution in [0.4, 0.5) is 0 Å². The second-order valence-electron chi connectivity index (χ2n) is 4.05. The molecule has 0 spiro atoms. The second-order valence-corrected chi connectivity index (χ2v) is 4.05. The van der Waals surface area contributed by atoms with E-state index in [4.69, 9.17) is 4.74 Å². The van der Waals surface area contributed by atoms with Gasteiger partial charge in [0.2, 0.25) is 0 Å². The Hall–Kier alpha value is -0.870. The molecule has 1 rings (SSSR count). The summed E-state index contributed by atoms with van der Waals surface area (Å²) in [6.45, 7) is 7.06. The second kappa shape index (κ2) is 7.41. The van der Waals surface area contributed by atoms with Crippen molar-refractivity contribution in [1.82, 2.24) is 15.1 Å². The zero-order chi connectivity index (χ0) is 11.8. The molecule has 1 N–H and O–H groups in total. The number of hydrogen-bond acceptors (Lipinski definition) is 3. The van der Waals surface area contributed by atoms with Crippen molar-refractivity contribution in [3.05, 3.63) is 18.0 Å². The predicted octanol–water partition coefficient (Wildman–Crippen LogP) is 1.98. The quantitative estimate of drug-likeness (QED) is 0.688. The molecule has 4 nitrogen and oxygen atoms in total. The zero-order valence-electron chi connectivity index (χ0n) is 10.6. The summed E-state index contributed by atoms with van der Waals surface area (Å²) in [5, 5.41) is 7.76. The third kappa shape index (κ3) is 3.94. The summed E-state index contributed by atoms with van der Waals surface area (Å²) in [6.07, 6.45) is 4.03. The first-order valence-corrected chi connectivity index (χ1v) is 6.01. The van der Waals surface area contributed by atoms with Crippen LogP contribution in [0.5, 0.6) is 0 Å². The number of nitrogens with zero attached hydrogens (tertiary/aromatic N) is 2. The molecule has 4 heteroatoms. The summed E-state index contributed by atoms with van der Waals surface area (Å²) >= 11 is 0. The maximum atomic E-state index is 5.00. The first kappa shape index (κ1) is 13.2. The molecule has 0 amide bonds. The van der Waals surface area contributed by atoms with Crippen molar-refractivity contribution in [3.63, 3.8) is 0 Å². The fraction of sp³-hybridized carbons (Fsp3) is 0.750. The number of methoxy groups -OCH3 is 1. The van der Waals surface area contributed by atoms with E-state index in [2.05, 4.69) is 35.0 Å². The molecule has 1 aromatic heterocycles. The average molecular weight is 225 g/mol. The molecule has 0 radical (unpaired) electrons. The molecule has 16 heavy (non-hydrogen) atoms. The monoisotopic (exact) mass is 225 g/mol. The highest BCUT2D eigenvalue weighted by Gasteiger charge is 2.07. The Bertz CT molecular complexity index is 286. The summed E-state index contributed by atoms with van der Waals surface area (Å²) in [4.78, 5) is 0. The van der Waals surface area contributed by atoms with Gasteiger partial charge in [0.1, 0.15) is 0 Å². The Kier molecular flexibility index (Phi) is 6.11. The molecule has 1 atom stereocenters. The fourth-order valence-corrected chi connectivity index (χ4v) is 1.61. The summed E-state index contributed by atoms with van der Waals surface area (Å²) in [7, 11) is 1.73. The number of ether oxygens (including phenoxy) is 1. The van der Waals surface area contributed by atoms with Crippen molar-refractivity contribution < 1.29 is 4.74 Å². The van der Waals surface area contributed by atoms with Crippen LogP contribution >= 0.6 is 0 Å². The van der Waals surface area contributed by atoms with Gasteiger partial charge >= 0.3 is 0 Å². The van der Waals surface area contributed by atoms with Crippen LogP contribution in [0.3, 0.4) is 0 Å². The lowest BCUT2D eigenvalue weighted by molar-refractivity contribution is 0.194. The lowest BCUT2D eigenvalue weighted by Crippen LogP contribution is -2.20. The van der Waals surface area contributed by atoms with Gasteiger partial charge in [-0.15, -0.1) is 0 Å². The number of aromatic nitrogens is 2. The molecule has 0 saturated carbocycles. The van der Waals surface area contributed by atoms with Crippen LogP contribution in [0, 0.1) is 0 Å². The lowest BCUT2D eigenvalue weighted by Gasteiger charge is -2.14. The molecule has 0 aliphatic carbocycles. The molecule has 0 unspecified atom stereocenters. The van der Waals surface area contributed by atoms with E-state index in [1.165, 1.54) is 5.69 Å². The Balaban J connectivity index is 2.33. The third-order valence-corrected chi connectivity index (χ3v) is 2.77. The Labute approximate surface area is 98.0 Å². The van der Waals surface area contributed by atoms with E-state index in [0.29, 0.717) is 6.04 Å². The SMILES string of the molecule is CC[C@H](C)n1nccc1CNCCCOC. The van der Waals surface area contributed by atoms with E-state index in [1.54, 1.807) is 7.11 Å². The van der Waals surface area contributed by atoms with Crippen LogP contribution in [0.25, 0.3) is 0 Å². The minimum atomic E-state index is 0.478. The molecule has 1 aromatic rings. The molecule has 0 bridgehead atoms. The van der Waals surface area contributed by atoms with Crippen molar-refractivity contribution in [2.45, 2.75) is 39.3 Å². The predicted molar refractivity (Wildman–Crippen MR) is 65.4 cm³/mol. The van der Waals surface area contributed by atoms with E-state index in [9.17, 15) is 0 Å². The summed E-state index contributed by atoms with van der Waals surface area (Å²) < 4.78 is 7.10. The lowest BCUT2D eigenvalue weighted by atomic mass is 10.2. The third-order valence-electron chi connectivity index (χ3n) is 2.77. The standard InChI is InChI=1S/C12H23N3O/c1-4-11(2)15-12(6-8-14-15)10-13-7-5-9-16-3/h6,8,11,13H,4-5,7,9-10H2,1-3H3/t11-/m0/s1. The van der Waals surface area contributed by atoms with E-state index < -0.39 is 0 Å². The van der Waals surface area contributed by atoms with Gasteiger partial charge in [-0.25, -0.2) is 0 Å². The normalized spacial score (nSPS) is 12.9. The first-order valence-electron chi connectivity index (χ1n) is 6.01. The highest BCUT2D eigenvalue weighted by molar-refractivity contribution is 5.01. The van der Waals surface area contributed by atoms with Crippen molar-refractivity contribution in [2.75, 3.05) is 20.3 Å². The van der Waals surface area contributed by atoms with Gasteiger partial charge in [-0.1, -0.05) is 6.92 Å². The number of nitrogens with one attached hydrogen (secondary N) is 1. The van der Waals surface area contributed by atoms with E-state index in [-0.39, 0.29) is 0 Å². The number of rotatable bonds is 8. The molecule has 0 saturated heterocycles.